The van der Waals surface area contributed by atoms with E-state index in [1.54, 1.807) is 0 Å². The molecule has 12 N–H and O–H groups in total. The average Bonchev–Trinajstić information content (AvgIpc) is 0.781. The summed E-state index contributed by atoms with van der Waals surface area (Å²) in [5.74, 6) is -0.232. The molecule has 0 aromatic carbocycles. The third kappa shape index (κ3) is 43.5. The number of hydrogen-bond donors (Lipinski definition) is 12. The summed E-state index contributed by atoms with van der Waals surface area (Å²) in [6.07, 6.45) is 47.8. The maximum absolute atomic E-state index is 13.5. The smallest absolute Gasteiger partial charge is 0.220 e. The summed E-state index contributed by atoms with van der Waals surface area (Å²) in [5.41, 5.74) is 0. The lowest BCUT2D eigenvalue weighted by Gasteiger charge is -2.48. The van der Waals surface area contributed by atoms with E-state index in [2.05, 4.69) is 19.2 Å². The number of aliphatic hydroxyl groups is 11. The number of hydrogen-bond acceptors (Lipinski definition) is 18. The molecule has 0 saturated carbocycles. The zero-order chi connectivity index (χ0) is 73.2. The summed E-state index contributed by atoms with van der Waals surface area (Å²) in [5, 5.41) is 121. The molecule has 3 saturated heterocycles. The van der Waals surface area contributed by atoms with Gasteiger partial charge in [-0.1, -0.05) is 367 Å². The fraction of sp³-hybridized carbons (Fsp3) is 0.988. The quantitative estimate of drug-likeness (QED) is 0.0252. The normalized spacial score (nSPS) is 26.2. The second kappa shape index (κ2) is 63.7. The highest BCUT2D eigenvalue weighted by atomic mass is 16.8. The minimum Gasteiger partial charge on any atom is -0.394 e. The van der Waals surface area contributed by atoms with Crippen LogP contribution in [0.2, 0.25) is 0 Å². The Bertz CT molecular complexity index is 1820. The van der Waals surface area contributed by atoms with Gasteiger partial charge in [0.1, 0.15) is 73.2 Å². The topological polar surface area (TPSA) is 307 Å². The van der Waals surface area contributed by atoms with E-state index in [0.29, 0.717) is 12.8 Å². The highest BCUT2D eigenvalue weighted by Crippen LogP contribution is 2.34. The van der Waals surface area contributed by atoms with Crippen LogP contribution in [-0.2, 0) is 33.2 Å². The molecule has 19 heteroatoms. The maximum atomic E-state index is 13.5. The number of ether oxygens (including phenoxy) is 6. The molecule has 17 atom stereocenters. The van der Waals surface area contributed by atoms with E-state index < -0.39 is 124 Å². The lowest BCUT2D eigenvalue weighted by molar-refractivity contribution is -0.379. The van der Waals surface area contributed by atoms with E-state index in [1.165, 1.54) is 308 Å². The molecule has 3 fully saturated rings. The highest BCUT2D eigenvalue weighted by Gasteiger charge is 2.54. The van der Waals surface area contributed by atoms with Crippen molar-refractivity contribution in [3.63, 3.8) is 0 Å². The highest BCUT2D eigenvalue weighted by molar-refractivity contribution is 5.76. The van der Waals surface area contributed by atoms with Crippen LogP contribution in [0, 0.1) is 0 Å². The van der Waals surface area contributed by atoms with Crippen molar-refractivity contribution in [1.29, 1.82) is 0 Å². The van der Waals surface area contributed by atoms with Crippen LogP contribution in [0.25, 0.3) is 0 Å². The molecule has 0 aromatic rings. The van der Waals surface area contributed by atoms with Crippen LogP contribution in [-0.4, -0.2) is 193 Å². The molecule has 600 valence electrons. The van der Waals surface area contributed by atoms with Gasteiger partial charge < -0.3 is 89.9 Å². The third-order valence-electron chi connectivity index (χ3n) is 21.9. The second-order valence-electron chi connectivity index (χ2n) is 31.0. The van der Waals surface area contributed by atoms with E-state index in [0.717, 1.165) is 44.9 Å². The van der Waals surface area contributed by atoms with Crippen molar-refractivity contribution in [3.05, 3.63) is 0 Å². The van der Waals surface area contributed by atoms with Crippen molar-refractivity contribution in [2.45, 2.75) is 491 Å². The molecule has 1 amide bonds. The summed E-state index contributed by atoms with van der Waals surface area (Å²) in [6, 6.07) is -0.884. The first kappa shape index (κ1) is 94.0. The monoisotopic (exact) mass is 1450 g/mol. The predicted octanol–water partition coefficient (Wildman–Crippen LogP) is 15.0. The zero-order valence-corrected chi connectivity index (χ0v) is 64.4. The first-order chi connectivity index (χ1) is 49.3. The van der Waals surface area contributed by atoms with E-state index in [4.69, 9.17) is 28.4 Å². The summed E-state index contributed by atoms with van der Waals surface area (Å²) in [6.45, 7) is 1.88. The number of rotatable bonds is 70. The van der Waals surface area contributed by atoms with Gasteiger partial charge >= 0.3 is 0 Å². The van der Waals surface area contributed by atoms with Gasteiger partial charge in [0.2, 0.25) is 5.91 Å². The SMILES string of the molecule is CCCCCCCCCCCCCCCCCCCCCCCCCCCCCCCCC(=O)NC(COC1OC(CO)C(OC2OC(CO)C(OC3OC(CO)C(O)C(O)C3O)C(O)C2O)C(O)C1O)C(O)CCCCCCCCCCCCCCCCCCCCCCCCCCCC. The molecule has 0 spiro atoms. The average molecular weight is 1450 g/mol. The van der Waals surface area contributed by atoms with Crippen molar-refractivity contribution < 1.29 is 89.4 Å². The molecule has 3 aliphatic heterocycles. The van der Waals surface area contributed by atoms with Crippen LogP contribution in [0.15, 0.2) is 0 Å². The van der Waals surface area contributed by atoms with Crippen LogP contribution < -0.4 is 5.32 Å². The Kier molecular flexibility index (Phi) is 59.3. The van der Waals surface area contributed by atoms with Gasteiger partial charge in [0, 0.05) is 6.42 Å². The molecule has 0 aromatic heterocycles. The van der Waals surface area contributed by atoms with Crippen LogP contribution in [0.4, 0.5) is 0 Å². The lowest BCUT2D eigenvalue weighted by Crippen LogP contribution is -2.66. The van der Waals surface area contributed by atoms with Crippen molar-refractivity contribution in [3.8, 4) is 0 Å². The molecule has 17 unspecified atom stereocenters. The molecular weight excluding hydrogens is 1290 g/mol. The van der Waals surface area contributed by atoms with Crippen LogP contribution in [0.1, 0.15) is 386 Å². The Morgan fingerprint density at radius 3 is 0.861 bits per heavy atom. The molecule has 3 heterocycles. The Hall–Kier alpha value is -1.21. The maximum Gasteiger partial charge on any atom is 0.220 e. The molecule has 0 radical (unpaired) electrons. The van der Waals surface area contributed by atoms with Gasteiger partial charge in [0.15, 0.2) is 18.9 Å². The lowest BCUT2D eigenvalue weighted by atomic mass is 9.96. The van der Waals surface area contributed by atoms with Crippen molar-refractivity contribution in [1.82, 2.24) is 5.32 Å². The predicted molar refractivity (Wildman–Crippen MR) is 402 cm³/mol. The molecule has 0 bridgehead atoms. The van der Waals surface area contributed by atoms with Gasteiger partial charge in [-0.15, -0.1) is 0 Å². The Labute approximate surface area is 614 Å². The molecule has 3 aliphatic rings. The molecule has 101 heavy (non-hydrogen) atoms. The largest absolute Gasteiger partial charge is 0.394 e. The Morgan fingerprint density at radius 1 is 0.317 bits per heavy atom. The number of aliphatic hydroxyl groups excluding tert-OH is 11. The fourth-order valence-electron chi connectivity index (χ4n) is 15.1. The van der Waals surface area contributed by atoms with Crippen molar-refractivity contribution in [2.75, 3.05) is 26.4 Å². The zero-order valence-electron chi connectivity index (χ0n) is 64.4. The first-order valence-electron chi connectivity index (χ1n) is 42.8. The Morgan fingerprint density at radius 2 is 0.564 bits per heavy atom. The molecular formula is C82H159NO18. The van der Waals surface area contributed by atoms with Crippen LogP contribution in [0.3, 0.4) is 0 Å². The van der Waals surface area contributed by atoms with E-state index >= 15 is 0 Å². The van der Waals surface area contributed by atoms with Gasteiger partial charge in [-0.2, -0.15) is 0 Å². The minimum atomic E-state index is -1.97. The van der Waals surface area contributed by atoms with E-state index in [9.17, 15) is 61.0 Å². The number of carbonyl (C=O) groups excluding carboxylic acids is 1. The number of nitrogens with one attached hydrogen (secondary N) is 1. The number of amides is 1. The van der Waals surface area contributed by atoms with Crippen molar-refractivity contribution in [2.24, 2.45) is 0 Å². The van der Waals surface area contributed by atoms with Gasteiger partial charge in [0.05, 0.1) is 38.6 Å². The summed E-state index contributed by atoms with van der Waals surface area (Å²) in [7, 11) is 0. The first-order valence-corrected chi connectivity index (χ1v) is 42.8. The standard InChI is InChI=1S/C82H159NO18/c1-3-5-7-9-11-13-15-17-19-21-23-25-27-29-31-32-33-34-36-38-40-42-44-46-48-50-52-54-56-58-60-70(88)83-65(66(87)59-57-55-53-51-49-47-45-43-41-39-37-35-30-28-26-24-22-20-18-16-14-12-10-8-6-4-2)64-96-80-76(94)73(91)78(68(62-85)98-80)101-82-77(95)74(92)79(69(63-86)99-82)100-81-75(93)72(90)71(89)67(61-84)97-81/h65-69,71-82,84-87,89-95H,3-64H2,1-2H3,(H,83,88). The summed E-state index contributed by atoms with van der Waals surface area (Å²) >= 11 is 0. The Balaban J connectivity index is 1.34. The van der Waals surface area contributed by atoms with E-state index in [-0.39, 0.29) is 18.9 Å². The second-order valence-corrected chi connectivity index (χ2v) is 31.0. The van der Waals surface area contributed by atoms with E-state index in [1.807, 2.05) is 0 Å². The third-order valence-corrected chi connectivity index (χ3v) is 21.9. The molecule has 0 aliphatic carbocycles. The van der Waals surface area contributed by atoms with Crippen LogP contribution in [0.5, 0.6) is 0 Å². The molecule has 19 nitrogen and oxygen atoms in total. The van der Waals surface area contributed by atoms with Gasteiger partial charge in [-0.25, -0.2) is 0 Å². The minimum absolute atomic E-state index is 0.232. The van der Waals surface area contributed by atoms with Gasteiger partial charge in [-0.05, 0) is 12.8 Å². The number of unbranched alkanes of at least 4 members (excludes halogenated alkanes) is 54. The van der Waals surface area contributed by atoms with Gasteiger partial charge in [-0.3, -0.25) is 4.79 Å². The van der Waals surface area contributed by atoms with Crippen molar-refractivity contribution >= 4 is 5.91 Å². The van der Waals surface area contributed by atoms with Gasteiger partial charge in [0.25, 0.3) is 0 Å². The fourth-order valence-corrected chi connectivity index (χ4v) is 15.1. The molecule has 3 rings (SSSR count). The number of carbonyl (C=O) groups is 1. The van der Waals surface area contributed by atoms with Crippen LogP contribution >= 0.6 is 0 Å². The summed E-state index contributed by atoms with van der Waals surface area (Å²) < 4.78 is 34.6. The summed E-state index contributed by atoms with van der Waals surface area (Å²) in [4.78, 5) is 13.5.